The van der Waals surface area contributed by atoms with E-state index >= 15 is 0 Å². The van der Waals surface area contributed by atoms with E-state index in [1.54, 1.807) is 0 Å². The number of alkyl halides is 3. The average Bonchev–Trinajstić information content (AvgIpc) is 2.35. The van der Waals surface area contributed by atoms with Gasteiger partial charge in [0.05, 0.1) is 7.11 Å². The van der Waals surface area contributed by atoms with Gasteiger partial charge in [0.2, 0.25) is 0 Å². The summed E-state index contributed by atoms with van der Waals surface area (Å²) in [5.41, 5.74) is -3.36. The van der Waals surface area contributed by atoms with Crippen LogP contribution in [-0.2, 0) is 21.6 Å². The van der Waals surface area contributed by atoms with Crippen LogP contribution in [-0.4, -0.2) is 24.4 Å². The fraction of sp³-hybridized carbons (Fsp3) is 0.500. The summed E-state index contributed by atoms with van der Waals surface area (Å²) in [6.07, 6.45) is -4.46. The number of benzene rings is 1. The summed E-state index contributed by atoms with van der Waals surface area (Å²) in [5.74, 6) is -1.40. The van der Waals surface area contributed by atoms with Gasteiger partial charge in [-0.2, -0.15) is 13.2 Å². The van der Waals surface area contributed by atoms with Gasteiger partial charge in [-0.15, -0.1) is 0 Å². The van der Waals surface area contributed by atoms with Crippen LogP contribution in [0.3, 0.4) is 0 Å². The highest BCUT2D eigenvalue weighted by Gasteiger charge is 2.61. The number of ether oxygens (including phenoxy) is 1. The molecule has 1 aromatic rings. The summed E-state index contributed by atoms with van der Waals surface area (Å²) >= 11 is 0. The summed E-state index contributed by atoms with van der Waals surface area (Å²) in [5, 5.41) is 9.76. The van der Waals surface area contributed by atoms with Gasteiger partial charge in [-0.05, 0) is 17.9 Å². The topological polar surface area (TPSA) is 46.5 Å². The molecule has 0 aromatic heterocycles. The van der Waals surface area contributed by atoms with Crippen molar-refractivity contribution in [2.24, 2.45) is 5.92 Å². The van der Waals surface area contributed by atoms with Crippen LogP contribution in [0, 0.1) is 5.92 Å². The zero-order valence-electron chi connectivity index (χ0n) is 11.5. The second kappa shape index (κ2) is 5.83. The molecule has 0 radical (unpaired) electrons. The van der Waals surface area contributed by atoms with Crippen LogP contribution < -0.4 is 0 Å². The second-order valence-corrected chi connectivity index (χ2v) is 4.99. The molecule has 0 amide bonds. The molecule has 0 heterocycles. The molecule has 0 spiro atoms. The first-order valence-electron chi connectivity index (χ1n) is 6.09. The highest BCUT2D eigenvalue weighted by atomic mass is 19.4. The lowest BCUT2D eigenvalue weighted by Crippen LogP contribution is -2.49. The van der Waals surface area contributed by atoms with E-state index in [2.05, 4.69) is 4.74 Å². The Kier molecular flexibility index (Phi) is 4.81. The summed E-state index contributed by atoms with van der Waals surface area (Å²) < 4.78 is 43.0. The molecule has 0 aliphatic heterocycles. The fourth-order valence-electron chi connectivity index (χ4n) is 1.90. The summed E-state index contributed by atoms with van der Waals surface area (Å²) in [7, 11) is 0.798. The lowest BCUT2D eigenvalue weighted by molar-refractivity contribution is -0.266. The van der Waals surface area contributed by atoms with E-state index < -0.39 is 23.3 Å². The van der Waals surface area contributed by atoms with Gasteiger partial charge in [-0.3, -0.25) is 0 Å². The Morgan fingerprint density at radius 3 is 2.10 bits per heavy atom. The molecule has 0 fully saturated rings. The molecular weight excluding hydrogens is 273 g/mol. The predicted molar refractivity (Wildman–Crippen MR) is 67.0 cm³/mol. The van der Waals surface area contributed by atoms with Gasteiger partial charge < -0.3 is 9.84 Å². The number of hydrogen-bond donors (Lipinski definition) is 1. The van der Waals surface area contributed by atoms with Gasteiger partial charge in [0, 0.05) is 5.56 Å². The van der Waals surface area contributed by atoms with Crippen LogP contribution in [0.15, 0.2) is 24.3 Å². The molecule has 0 aliphatic rings. The SMILES string of the molecule is COC(=O)[C@](O)(c1ccc(CC(C)C)cc1)C(F)(F)F. The van der Waals surface area contributed by atoms with Crippen molar-refractivity contribution < 1.29 is 27.8 Å². The van der Waals surface area contributed by atoms with Crippen LogP contribution in [0.2, 0.25) is 0 Å². The molecule has 1 rings (SSSR count). The first-order valence-corrected chi connectivity index (χ1v) is 6.09. The Labute approximate surface area is 115 Å². The van der Waals surface area contributed by atoms with Crippen molar-refractivity contribution in [2.45, 2.75) is 32.0 Å². The Morgan fingerprint density at radius 1 is 1.25 bits per heavy atom. The highest BCUT2D eigenvalue weighted by molar-refractivity contribution is 5.82. The van der Waals surface area contributed by atoms with E-state index in [-0.39, 0.29) is 0 Å². The lowest BCUT2D eigenvalue weighted by Gasteiger charge is -2.28. The van der Waals surface area contributed by atoms with Crippen LogP contribution in [0.5, 0.6) is 0 Å². The van der Waals surface area contributed by atoms with E-state index in [1.165, 1.54) is 12.1 Å². The number of aliphatic hydroxyl groups is 1. The van der Waals surface area contributed by atoms with E-state index in [1.807, 2.05) is 13.8 Å². The maximum Gasteiger partial charge on any atom is 0.432 e. The minimum Gasteiger partial charge on any atom is -0.466 e. The van der Waals surface area contributed by atoms with Crippen molar-refractivity contribution >= 4 is 5.97 Å². The number of hydrogen-bond acceptors (Lipinski definition) is 3. The Morgan fingerprint density at radius 2 is 1.75 bits per heavy atom. The smallest absolute Gasteiger partial charge is 0.432 e. The van der Waals surface area contributed by atoms with Gasteiger partial charge in [0.25, 0.3) is 5.60 Å². The zero-order chi connectivity index (χ0) is 15.6. The van der Waals surface area contributed by atoms with E-state index in [0.717, 1.165) is 24.8 Å². The van der Waals surface area contributed by atoms with E-state index in [0.29, 0.717) is 12.3 Å². The van der Waals surface area contributed by atoms with Gasteiger partial charge in [0.1, 0.15) is 0 Å². The third-order valence-corrected chi connectivity index (χ3v) is 2.91. The second-order valence-electron chi connectivity index (χ2n) is 4.99. The van der Waals surface area contributed by atoms with Crippen molar-refractivity contribution in [3.05, 3.63) is 35.4 Å². The van der Waals surface area contributed by atoms with E-state index in [9.17, 15) is 23.1 Å². The molecule has 0 bridgehead atoms. The van der Waals surface area contributed by atoms with Crippen molar-refractivity contribution in [2.75, 3.05) is 7.11 Å². The zero-order valence-corrected chi connectivity index (χ0v) is 11.5. The molecule has 0 aliphatic carbocycles. The molecule has 0 saturated carbocycles. The van der Waals surface area contributed by atoms with Crippen molar-refractivity contribution in [3.8, 4) is 0 Å². The molecule has 20 heavy (non-hydrogen) atoms. The van der Waals surface area contributed by atoms with Crippen molar-refractivity contribution in [1.82, 2.24) is 0 Å². The van der Waals surface area contributed by atoms with Gasteiger partial charge in [-0.25, -0.2) is 4.79 Å². The molecule has 3 nitrogen and oxygen atoms in total. The third-order valence-electron chi connectivity index (χ3n) is 2.91. The predicted octanol–water partition coefficient (Wildman–Crippen LogP) is 2.81. The Hall–Kier alpha value is -1.56. The van der Waals surface area contributed by atoms with Gasteiger partial charge in [0.15, 0.2) is 0 Å². The maximum atomic E-state index is 13.0. The average molecular weight is 290 g/mol. The number of esters is 1. The molecule has 0 saturated heterocycles. The Bertz CT molecular complexity index is 466. The van der Waals surface area contributed by atoms with Crippen LogP contribution in [0.4, 0.5) is 13.2 Å². The largest absolute Gasteiger partial charge is 0.466 e. The highest BCUT2D eigenvalue weighted by Crippen LogP contribution is 2.40. The summed E-state index contributed by atoms with van der Waals surface area (Å²) in [6.45, 7) is 3.96. The first-order chi connectivity index (χ1) is 9.12. The number of carbonyl (C=O) groups is 1. The van der Waals surface area contributed by atoms with Crippen LogP contribution >= 0.6 is 0 Å². The van der Waals surface area contributed by atoms with Gasteiger partial charge >= 0.3 is 12.1 Å². The standard InChI is InChI=1S/C14H17F3O3/c1-9(2)8-10-4-6-11(7-5-10)13(19,12(18)20-3)14(15,16)17/h4-7,9,19H,8H2,1-3H3/t13-/m1/s1. The molecule has 1 atom stereocenters. The number of halogens is 3. The number of carbonyl (C=O) groups excluding carboxylic acids is 1. The molecular formula is C14H17F3O3. The normalized spacial score (nSPS) is 15.0. The van der Waals surface area contributed by atoms with Crippen molar-refractivity contribution in [1.29, 1.82) is 0 Å². The van der Waals surface area contributed by atoms with Gasteiger partial charge in [-0.1, -0.05) is 38.1 Å². The Balaban J connectivity index is 3.20. The summed E-state index contributed by atoms with van der Waals surface area (Å²) in [6, 6.07) is 5.13. The lowest BCUT2D eigenvalue weighted by atomic mass is 9.91. The number of rotatable bonds is 4. The maximum absolute atomic E-state index is 13.0. The minimum absolute atomic E-state index is 0.350. The molecule has 0 unspecified atom stereocenters. The van der Waals surface area contributed by atoms with E-state index in [4.69, 9.17) is 0 Å². The van der Waals surface area contributed by atoms with Crippen LogP contribution in [0.25, 0.3) is 0 Å². The molecule has 1 N–H and O–H groups in total. The number of methoxy groups -OCH3 is 1. The fourth-order valence-corrected chi connectivity index (χ4v) is 1.90. The minimum atomic E-state index is -5.15. The van der Waals surface area contributed by atoms with Crippen molar-refractivity contribution in [3.63, 3.8) is 0 Å². The first kappa shape index (κ1) is 16.5. The summed E-state index contributed by atoms with van der Waals surface area (Å²) in [4.78, 5) is 11.4. The molecule has 1 aromatic carbocycles. The molecule has 6 heteroatoms. The quantitative estimate of drug-likeness (QED) is 0.867. The molecule has 112 valence electrons. The third kappa shape index (κ3) is 3.12. The van der Waals surface area contributed by atoms with Crippen LogP contribution in [0.1, 0.15) is 25.0 Å². The monoisotopic (exact) mass is 290 g/mol.